The molecule has 1 aliphatic heterocycles. The molecule has 1 aliphatic carbocycles. The van der Waals surface area contributed by atoms with E-state index in [4.69, 9.17) is 19.9 Å². The molecule has 2 aromatic rings. The second-order valence-electron chi connectivity index (χ2n) is 7.96. The van der Waals surface area contributed by atoms with Gasteiger partial charge < -0.3 is 19.9 Å². The molecule has 164 valence electrons. The van der Waals surface area contributed by atoms with Crippen molar-refractivity contribution in [2.75, 3.05) is 26.9 Å². The highest BCUT2D eigenvalue weighted by Crippen LogP contribution is 2.44. The zero-order chi connectivity index (χ0) is 21.8. The van der Waals surface area contributed by atoms with Crippen molar-refractivity contribution >= 4 is 12.0 Å². The summed E-state index contributed by atoms with van der Waals surface area (Å²) in [4.78, 5) is 25.9. The average Bonchev–Trinajstić information content (AvgIpc) is 3.11. The standard InChI is InChI=1S/C24H28N2O5/c1-26(21(23(25)27)15-30-22-12-6-7-13-29-22)24(28)31-14-20-18-10-4-2-8-16(18)17-9-3-5-11-19(17)20/h2-5,8-11,20-22H,6-7,12-15H2,1H3,(H2,25,27)/t21-,22?/m0/s1. The summed E-state index contributed by atoms with van der Waals surface area (Å²) < 4.78 is 16.8. The molecule has 2 atom stereocenters. The van der Waals surface area contributed by atoms with E-state index < -0.39 is 18.0 Å². The molecular weight excluding hydrogens is 396 g/mol. The number of hydrogen-bond acceptors (Lipinski definition) is 5. The van der Waals surface area contributed by atoms with Crippen LogP contribution in [0.2, 0.25) is 0 Å². The molecular formula is C24H28N2O5. The molecule has 2 N–H and O–H groups in total. The summed E-state index contributed by atoms with van der Waals surface area (Å²) >= 11 is 0. The Morgan fingerprint density at radius 2 is 1.74 bits per heavy atom. The van der Waals surface area contributed by atoms with Gasteiger partial charge in [-0.05, 0) is 41.5 Å². The van der Waals surface area contributed by atoms with E-state index in [1.165, 1.54) is 11.9 Å². The molecule has 1 heterocycles. The van der Waals surface area contributed by atoms with Crippen LogP contribution in [0.1, 0.15) is 36.3 Å². The first-order valence-corrected chi connectivity index (χ1v) is 10.7. The summed E-state index contributed by atoms with van der Waals surface area (Å²) in [5.74, 6) is -0.699. The van der Waals surface area contributed by atoms with Crippen LogP contribution in [0.4, 0.5) is 4.79 Å². The molecule has 2 aromatic carbocycles. The van der Waals surface area contributed by atoms with E-state index >= 15 is 0 Å². The highest BCUT2D eigenvalue weighted by Gasteiger charge is 2.32. The van der Waals surface area contributed by atoms with E-state index in [1.807, 2.05) is 24.3 Å². The molecule has 1 fully saturated rings. The van der Waals surface area contributed by atoms with Crippen LogP contribution in [0.25, 0.3) is 11.1 Å². The van der Waals surface area contributed by atoms with Gasteiger partial charge in [0.25, 0.3) is 0 Å². The van der Waals surface area contributed by atoms with Gasteiger partial charge in [0, 0.05) is 19.6 Å². The van der Waals surface area contributed by atoms with Crippen LogP contribution in [0, 0.1) is 0 Å². The Kier molecular flexibility index (Phi) is 6.53. The van der Waals surface area contributed by atoms with Gasteiger partial charge in [-0.25, -0.2) is 4.79 Å². The molecule has 7 heteroatoms. The zero-order valence-corrected chi connectivity index (χ0v) is 17.7. The number of likely N-dealkylation sites (N-methyl/N-ethyl adjacent to an activating group) is 1. The number of nitrogens with zero attached hydrogens (tertiary/aromatic N) is 1. The van der Waals surface area contributed by atoms with E-state index in [2.05, 4.69) is 24.3 Å². The topological polar surface area (TPSA) is 91.1 Å². The Morgan fingerprint density at radius 1 is 1.10 bits per heavy atom. The lowest BCUT2D eigenvalue weighted by molar-refractivity contribution is -0.171. The van der Waals surface area contributed by atoms with E-state index in [9.17, 15) is 9.59 Å². The van der Waals surface area contributed by atoms with Crippen molar-refractivity contribution in [2.45, 2.75) is 37.5 Å². The lowest BCUT2D eigenvalue weighted by atomic mass is 9.98. The molecule has 1 saturated heterocycles. The molecule has 0 bridgehead atoms. The molecule has 2 aliphatic rings. The Balaban J connectivity index is 1.39. The quantitative estimate of drug-likeness (QED) is 0.737. The van der Waals surface area contributed by atoms with Gasteiger partial charge in [-0.15, -0.1) is 0 Å². The van der Waals surface area contributed by atoms with Gasteiger partial charge in [0.05, 0.1) is 6.61 Å². The van der Waals surface area contributed by atoms with Gasteiger partial charge in [0.2, 0.25) is 5.91 Å². The number of rotatable bonds is 7. The van der Waals surface area contributed by atoms with Gasteiger partial charge in [-0.3, -0.25) is 9.69 Å². The van der Waals surface area contributed by atoms with Gasteiger partial charge in [0.15, 0.2) is 6.29 Å². The van der Waals surface area contributed by atoms with Crippen LogP contribution >= 0.6 is 0 Å². The number of amides is 2. The Hall–Kier alpha value is -2.90. The Morgan fingerprint density at radius 3 is 2.32 bits per heavy atom. The van der Waals surface area contributed by atoms with E-state index in [1.54, 1.807) is 0 Å². The third kappa shape index (κ3) is 4.57. The summed E-state index contributed by atoms with van der Waals surface area (Å²) in [5, 5.41) is 0. The third-order valence-electron chi connectivity index (χ3n) is 6.00. The number of carbonyl (C=O) groups excluding carboxylic acids is 2. The van der Waals surface area contributed by atoms with Crippen LogP contribution in [0.15, 0.2) is 48.5 Å². The van der Waals surface area contributed by atoms with Crippen molar-refractivity contribution in [2.24, 2.45) is 5.73 Å². The monoisotopic (exact) mass is 424 g/mol. The summed E-state index contributed by atoms with van der Waals surface area (Å²) in [7, 11) is 1.50. The number of carbonyl (C=O) groups is 2. The van der Waals surface area contributed by atoms with Crippen LogP contribution in [0.3, 0.4) is 0 Å². The normalized spacial score (nSPS) is 18.7. The minimum Gasteiger partial charge on any atom is -0.448 e. The first kappa shape index (κ1) is 21.3. The smallest absolute Gasteiger partial charge is 0.410 e. The fourth-order valence-corrected chi connectivity index (χ4v) is 4.25. The van der Waals surface area contributed by atoms with Crippen molar-refractivity contribution in [1.29, 1.82) is 0 Å². The van der Waals surface area contributed by atoms with Crippen molar-refractivity contribution in [1.82, 2.24) is 4.90 Å². The SMILES string of the molecule is CN(C(=O)OCC1c2ccccc2-c2ccccc21)[C@@H](COC1CCCCO1)C(N)=O. The molecule has 0 radical (unpaired) electrons. The zero-order valence-electron chi connectivity index (χ0n) is 17.7. The highest BCUT2D eigenvalue weighted by atomic mass is 16.7. The van der Waals surface area contributed by atoms with Crippen molar-refractivity contribution in [3.63, 3.8) is 0 Å². The van der Waals surface area contributed by atoms with Crippen molar-refractivity contribution in [3.05, 3.63) is 59.7 Å². The summed E-state index contributed by atoms with van der Waals surface area (Å²) in [6.45, 7) is 0.782. The summed E-state index contributed by atoms with van der Waals surface area (Å²) in [6, 6.07) is 15.3. The average molecular weight is 424 g/mol. The number of fused-ring (bicyclic) bond motifs is 3. The molecule has 0 aromatic heterocycles. The Labute approximate surface area is 182 Å². The minimum atomic E-state index is -0.929. The first-order valence-electron chi connectivity index (χ1n) is 10.7. The van der Waals surface area contributed by atoms with E-state index in [-0.39, 0.29) is 25.4 Å². The molecule has 2 amide bonds. The third-order valence-corrected chi connectivity index (χ3v) is 6.00. The van der Waals surface area contributed by atoms with Crippen molar-refractivity contribution in [3.8, 4) is 11.1 Å². The van der Waals surface area contributed by atoms with Crippen LogP contribution in [-0.2, 0) is 19.0 Å². The first-order chi connectivity index (χ1) is 15.1. The number of benzene rings is 2. The summed E-state index contributed by atoms with van der Waals surface area (Å²) in [5.41, 5.74) is 10.1. The molecule has 7 nitrogen and oxygen atoms in total. The largest absolute Gasteiger partial charge is 0.448 e. The van der Waals surface area contributed by atoms with Crippen molar-refractivity contribution < 1.29 is 23.8 Å². The van der Waals surface area contributed by atoms with Gasteiger partial charge >= 0.3 is 6.09 Å². The maximum atomic E-state index is 12.7. The van der Waals surface area contributed by atoms with Gasteiger partial charge in [-0.1, -0.05) is 48.5 Å². The maximum Gasteiger partial charge on any atom is 0.410 e. The van der Waals surface area contributed by atoms with Crippen LogP contribution in [0.5, 0.6) is 0 Å². The number of nitrogens with two attached hydrogens (primary N) is 1. The second-order valence-corrected chi connectivity index (χ2v) is 7.96. The lowest BCUT2D eigenvalue weighted by Gasteiger charge is -2.28. The number of ether oxygens (including phenoxy) is 3. The van der Waals surface area contributed by atoms with Gasteiger partial charge in [-0.2, -0.15) is 0 Å². The van der Waals surface area contributed by atoms with E-state index in [0.29, 0.717) is 6.61 Å². The summed E-state index contributed by atoms with van der Waals surface area (Å²) in [6.07, 6.45) is 1.79. The molecule has 1 unspecified atom stereocenters. The predicted molar refractivity (Wildman–Crippen MR) is 115 cm³/mol. The molecule has 0 saturated carbocycles. The second kappa shape index (κ2) is 9.49. The lowest BCUT2D eigenvalue weighted by Crippen LogP contribution is -2.49. The fourth-order valence-electron chi connectivity index (χ4n) is 4.25. The molecule has 31 heavy (non-hydrogen) atoms. The van der Waals surface area contributed by atoms with Crippen LogP contribution < -0.4 is 5.73 Å². The maximum absolute atomic E-state index is 12.7. The van der Waals surface area contributed by atoms with E-state index in [0.717, 1.165) is 41.5 Å². The number of primary amides is 1. The van der Waals surface area contributed by atoms with Crippen LogP contribution in [-0.4, -0.2) is 56.1 Å². The minimum absolute atomic E-state index is 0.0271. The molecule has 0 spiro atoms. The Bertz CT molecular complexity index is 896. The predicted octanol–water partition coefficient (Wildman–Crippen LogP) is 3.26. The molecule has 4 rings (SSSR count). The highest BCUT2D eigenvalue weighted by molar-refractivity contribution is 5.84. The number of hydrogen-bond donors (Lipinski definition) is 1. The fraction of sp³-hybridized carbons (Fsp3) is 0.417. The van der Waals surface area contributed by atoms with Gasteiger partial charge in [0.1, 0.15) is 12.6 Å².